The van der Waals surface area contributed by atoms with Gasteiger partial charge in [0.15, 0.2) is 0 Å². The molecule has 5 heteroatoms. The van der Waals surface area contributed by atoms with Gasteiger partial charge in [0.25, 0.3) is 0 Å². The lowest BCUT2D eigenvalue weighted by atomic mass is 9.87. The molecule has 0 bridgehead atoms. The van der Waals surface area contributed by atoms with Gasteiger partial charge >= 0.3 is 12.1 Å². The quantitative estimate of drug-likeness (QED) is 0.776. The van der Waals surface area contributed by atoms with Crippen LogP contribution in [0.5, 0.6) is 0 Å². The maximum atomic E-state index is 11.4. The molecule has 16 heavy (non-hydrogen) atoms. The number of alkyl carbamates (subject to hydrolysis) is 1. The molecule has 0 spiro atoms. The number of nitrogens with one attached hydrogen (secondary N) is 1. The van der Waals surface area contributed by atoms with Gasteiger partial charge in [-0.25, -0.2) is 9.59 Å². The van der Waals surface area contributed by atoms with Gasteiger partial charge in [-0.1, -0.05) is 27.7 Å². The van der Waals surface area contributed by atoms with Crippen LogP contribution in [0.15, 0.2) is 0 Å². The molecule has 0 saturated carbocycles. The fraction of sp³-hybridized carbons (Fsp3) is 0.818. The molecule has 94 valence electrons. The third-order valence-electron chi connectivity index (χ3n) is 2.26. The first kappa shape index (κ1) is 14.7. The Labute approximate surface area is 96.2 Å². The normalized spacial score (nSPS) is 15.1. The molecule has 0 heterocycles. The molecular formula is C11H21NO4. The first-order chi connectivity index (χ1) is 7.18. The molecule has 2 N–H and O–H groups in total. The molecule has 0 aliphatic rings. The molecule has 0 aromatic carbocycles. The summed E-state index contributed by atoms with van der Waals surface area (Å²) in [6.07, 6.45) is -0.202. The van der Waals surface area contributed by atoms with Crippen LogP contribution in [0.25, 0.3) is 0 Å². The van der Waals surface area contributed by atoms with Gasteiger partial charge in [-0.05, 0) is 18.8 Å². The van der Waals surface area contributed by atoms with Gasteiger partial charge in [-0.3, -0.25) is 0 Å². The van der Waals surface area contributed by atoms with Crippen molar-refractivity contribution in [2.45, 2.75) is 53.2 Å². The van der Waals surface area contributed by atoms with Crippen molar-refractivity contribution in [2.24, 2.45) is 5.41 Å². The monoisotopic (exact) mass is 231 g/mol. The summed E-state index contributed by atoms with van der Waals surface area (Å²) >= 11 is 0. The number of aliphatic carboxylic acids is 1. The molecule has 0 aliphatic heterocycles. The summed E-state index contributed by atoms with van der Waals surface area (Å²) in [7, 11) is 0. The van der Waals surface area contributed by atoms with E-state index in [9.17, 15) is 9.59 Å². The summed E-state index contributed by atoms with van der Waals surface area (Å²) < 4.78 is 4.96. The van der Waals surface area contributed by atoms with Gasteiger partial charge in [0.05, 0.1) is 0 Å². The van der Waals surface area contributed by atoms with Crippen molar-refractivity contribution in [1.29, 1.82) is 0 Å². The zero-order valence-electron chi connectivity index (χ0n) is 10.5. The Morgan fingerprint density at radius 2 is 1.88 bits per heavy atom. The molecule has 0 rings (SSSR count). The van der Waals surface area contributed by atoms with Gasteiger partial charge in [-0.15, -0.1) is 0 Å². The summed E-state index contributed by atoms with van der Waals surface area (Å²) in [5.74, 6) is -1.06. The van der Waals surface area contributed by atoms with Crippen molar-refractivity contribution in [3.05, 3.63) is 0 Å². The molecule has 0 saturated heterocycles. The highest BCUT2D eigenvalue weighted by Crippen LogP contribution is 2.19. The number of rotatable bonds is 4. The van der Waals surface area contributed by atoms with Gasteiger partial charge < -0.3 is 15.2 Å². The van der Waals surface area contributed by atoms with E-state index in [1.807, 2.05) is 6.92 Å². The minimum absolute atomic E-state index is 0.214. The SMILES string of the molecule is CC[C@H](C)OC(=O)N[C@H](C(=O)O)C(C)(C)C. The molecule has 1 amide bonds. The molecule has 0 aromatic heterocycles. The molecule has 0 unspecified atom stereocenters. The van der Waals surface area contributed by atoms with Crippen molar-refractivity contribution < 1.29 is 19.4 Å². The minimum Gasteiger partial charge on any atom is -0.480 e. The Kier molecular flexibility index (Phi) is 5.27. The van der Waals surface area contributed by atoms with Crippen LogP contribution < -0.4 is 5.32 Å². The molecule has 0 radical (unpaired) electrons. The molecule has 5 nitrogen and oxygen atoms in total. The average Bonchev–Trinajstić information content (AvgIpc) is 2.11. The first-order valence-corrected chi connectivity index (χ1v) is 5.38. The van der Waals surface area contributed by atoms with Crippen LogP contribution in [0, 0.1) is 5.41 Å². The second-order valence-electron chi connectivity index (χ2n) is 4.91. The lowest BCUT2D eigenvalue weighted by molar-refractivity contribution is -0.142. The zero-order valence-corrected chi connectivity index (χ0v) is 10.5. The largest absolute Gasteiger partial charge is 0.480 e. The predicted molar refractivity (Wildman–Crippen MR) is 60.2 cm³/mol. The van der Waals surface area contributed by atoms with Gasteiger partial charge in [0.2, 0.25) is 0 Å². The number of hydrogen-bond acceptors (Lipinski definition) is 3. The van der Waals surface area contributed by atoms with E-state index in [-0.39, 0.29) is 6.10 Å². The number of hydrogen-bond donors (Lipinski definition) is 2. The summed E-state index contributed by atoms with van der Waals surface area (Å²) in [5.41, 5.74) is -0.555. The zero-order chi connectivity index (χ0) is 12.9. The van der Waals surface area contributed by atoms with Crippen LogP contribution in [-0.2, 0) is 9.53 Å². The van der Waals surface area contributed by atoms with E-state index in [0.717, 1.165) is 0 Å². The first-order valence-electron chi connectivity index (χ1n) is 5.38. The third kappa shape index (κ3) is 5.00. The van der Waals surface area contributed by atoms with Crippen LogP contribution in [0.3, 0.4) is 0 Å². The van der Waals surface area contributed by atoms with Crippen molar-refractivity contribution in [2.75, 3.05) is 0 Å². The Balaban J connectivity index is 4.43. The number of ether oxygens (including phenoxy) is 1. The van der Waals surface area contributed by atoms with E-state index in [1.165, 1.54) is 0 Å². The Bertz CT molecular complexity index is 257. The molecule has 2 atom stereocenters. The number of carbonyl (C=O) groups is 2. The standard InChI is InChI=1S/C11H21NO4/c1-6-7(2)16-10(15)12-8(9(13)14)11(3,4)5/h7-8H,6H2,1-5H3,(H,12,15)(H,13,14)/t7-,8+/m0/s1. The van der Waals surface area contributed by atoms with Crippen molar-refractivity contribution in [1.82, 2.24) is 5.32 Å². The highest BCUT2D eigenvalue weighted by molar-refractivity contribution is 5.80. The van der Waals surface area contributed by atoms with Crippen molar-refractivity contribution >= 4 is 12.1 Å². The summed E-state index contributed by atoms with van der Waals surface area (Å²) in [4.78, 5) is 22.3. The highest BCUT2D eigenvalue weighted by Gasteiger charge is 2.33. The fourth-order valence-electron chi connectivity index (χ4n) is 1.07. The van der Waals surface area contributed by atoms with E-state index >= 15 is 0 Å². The smallest absolute Gasteiger partial charge is 0.408 e. The Hall–Kier alpha value is -1.26. The lowest BCUT2D eigenvalue weighted by Gasteiger charge is -2.27. The van der Waals surface area contributed by atoms with Crippen LogP contribution in [0.4, 0.5) is 4.79 Å². The average molecular weight is 231 g/mol. The third-order valence-corrected chi connectivity index (χ3v) is 2.26. The van der Waals surface area contributed by atoms with Crippen LogP contribution in [0.2, 0.25) is 0 Å². The molecule has 0 aliphatic carbocycles. The van der Waals surface area contributed by atoms with Gasteiger partial charge in [-0.2, -0.15) is 0 Å². The van der Waals surface area contributed by atoms with Gasteiger partial charge in [0, 0.05) is 0 Å². The number of amides is 1. The van der Waals surface area contributed by atoms with Crippen LogP contribution >= 0.6 is 0 Å². The topological polar surface area (TPSA) is 75.6 Å². The lowest BCUT2D eigenvalue weighted by Crippen LogP contribution is -2.49. The van der Waals surface area contributed by atoms with E-state index in [2.05, 4.69) is 5.32 Å². The van der Waals surface area contributed by atoms with E-state index in [1.54, 1.807) is 27.7 Å². The Morgan fingerprint density at radius 1 is 1.38 bits per heavy atom. The molecule has 0 fully saturated rings. The maximum Gasteiger partial charge on any atom is 0.408 e. The van der Waals surface area contributed by atoms with Crippen LogP contribution in [-0.4, -0.2) is 29.3 Å². The van der Waals surface area contributed by atoms with E-state index < -0.39 is 23.5 Å². The number of carboxylic acid groups (broad SMARTS) is 1. The van der Waals surface area contributed by atoms with Crippen molar-refractivity contribution in [3.63, 3.8) is 0 Å². The maximum absolute atomic E-state index is 11.4. The van der Waals surface area contributed by atoms with Crippen molar-refractivity contribution in [3.8, 4) is 0 Å². The second-order valence-corrected chi connectivity index (χ2v) is 4.91. The predicted octanol–water partition coefficient (Wildman–Crippen LogP) is 2.01. The van der Waals surface area contributed by atoms with E-state index in [0.29, 0.717) is 6.42 Å². The fourth-order valence-corrected chi connectivity index (χ4v) is 1.07. The molecule has 0 aromatic rings. The van der Waals surface area contributed by atoms with Crippen LogP contribution in [0.1, 0.15) is 41.0 Å². The van der Waals surface area contributed by atoms with E-state index in [4.69, 9.17) is 9.84 Å². The van der Waals surface area contributed by atoms with Gasteiger partial charge in [0.1, 0.15) is 12.1 Å². The Morgan fingerprint density at radius 3 is 2.19 bits per heavy atom. The number of carbonyl (C=O) groups excluding carboxylic acids is 1. The summed E-state index contributed by atoms with van der Waals surface area (Å²) in [5, 5.41) is 11.3. The minimum atomic E-state index is -1.06. The number of carboxylic acids is 1. The molecular weight excluding hydrogens is 210 g/mol. The summed E-state index contributed by atoms with van der Waals surface area (Å²) in [6.45, 7) is 8.88. The highest BCUT2D eigenvalue weighted by atomic mass is 16.6. The second kappa shape index (κ2) is 5.72. The summed E-state index contributed by atoms with van der Waals surface area (Å²) in [6, 6.07) is -0.955.